The van der Waals surface area contributed by atoms with E-state index < -0.39 is 52.2 Å². The van der Waals surface area contributed by atoms with Crippen molar-refractivity contribution in [1.82, 2.24) is 20.3 Å². The van der Waals surface area contributed by atoms with Gasteiger partial charge in [-0.2, -0.15) is 13.2 Å². The number of H-pyrrole nitrogens is 1. The Balaban J connectivity index is 2.09. The molecule has 1 saturated heterocycles. The summed E-state index contributed by atoms with van der Waals surface area (Å²) in [5.41, 5.74) is -1.19. The molecule has 3 heterocycles. The number of hydrogen-bond acceptors (Lipinski definition) is 6. The van der Waals surface area contributed by atoms with Gasteiger partial charge in [0.15, 0.2) is 17.3 Å². The van der Waals surface area contributed by atoms with E-state index >= 15 is 0 Å². The zero-order valence-corrected chi connectivity index (χ0v) is 14.4. The largest absolute Gasteiger partial charge is 0.434 e. The van der Waals surface area contributed by atoms with Gasteiger partial charge in [-0.1, -0.05) is 11.6 Å². The lowest BCUT2D eigenvalue weighted by atomic mass is 10.3. The van der Waals surface area contributed by atoms with Gasteiger partial charge in [-0.15, -0.1) is 11.3 Å². The molecule has 0 bridgehead atoms. The van der Waals surface area contributed by atoms with Gasteiger partial charge >= 0.3 is 6.18 Å². The summed E-state index contributed by atoms with van der Waals surface area (Å²) in [6, 6.07) is 0. The van der Waals surface area contributed by atoms with Crippen LogP contribution in [0.3, 0.4) is 0 Å². The third-order valence-corrected chi connectivity index (χ3v) is 4.73. The second kappa shape index (κ2) is 6.74. The number of aromatic amines is 1. The average molecular weight is 416 g/mol. The van der Waals surface area contributed by atoms with E-state index in [0.717, 1.165) is 10.4 Å². The minimum Gasteiger partial charge on any atom is -0.348 e. The van der Waals surface area contributed by atoms with Crippen LogP contribution >= 0.6 is 22.9 Å². The highest BCUT2D eigenvalue weighted by Crippen LogP contribution is 2.38. The Morgan fingerprint density at radius 3 is 2.77 bits per heavy atom. The molecule has 0 unspecified atom stereocenters. The van der Waals surface area contributed by atoms with Gasteiger partial charge in [-0.25, -0.2) is 18.7 Å². The number of alkyl halides is 5. The first-order chi connectivity index (χ1) is 12.1. The Kier molecular flexibility index (Phi) is 4.92. The van der Waals surface area contributed by atoms with Crippen LogP contribution in [0.2, 0.25) is 5.02 Å². The Morgan fingerprint density at radius 2 is 2.08 bits per heavy atom. The summed E-state index contributed by atoms with van der Waals surface area (Å²) in [7, 11) is 0. The third-order valence-electron chi connectivity index (χ3n) is 3.56. The molecule has 0 aromatic carbocycles. The lowest BCUT2D eigenvalue weighted by Crippen LogP contribution is -2.39. The van der Waals surface area contributed by atoms with Gasteiger partial charge in [0, 0.05) is 13.1 Å². The number of nitrogens with one attached hydrogen (secondary N) is 2. The molecule has 0 aliphatic carbocycles. The molecule has 26 heavy (non-hydrogen) atoms. The van der Waals surface area contributed by atoms with Crippen molar-refractivity contribution in [1.29, 1.82) is 0 Å². The molecule has 2 N–H and O–H groups in total. The van der Waals surface area contributed by atoms with Crippen LogP contribution in [0.25, 0.3) is 10.7 Å². The molecule has 3 rings (SSSR count). The first-order valence-electron chi connectivity index (χ1n) is 7.23. The minimum absolute atomic E-state index is 0.0556. The molecule has 13 heteroatoms. The Labute approximate surface area is 152 Å². The molecule has 0 radical (unpaired) electrons. The van der Waals surface area contributed by atoms with E-state index in [2.05, 4.69) is 20.3 Å². The van der Waals surface area contributed by atoms with E-state index in [1.807, 2.05) is 0 Å². The van der Waals surface area contributed by atoms with Gasteiger partial charge < -0.3 is 15.2 Å². The molecule has 6 nitrogen and oxygen atoms in total. The fourth-order valence-electron chi connectivity index (χ4n) is 2.46. The standard InChI is InChI=1S/C13H11ClF5N5OS/c14-6-10(24-2-1-20-3-12(15,16)4-24)22-9(23-11(6)25)7-8(13(17,18)19)21-5-26-7/h5,20H,1-4H2,(H,22,23,25). The maximum absolute atomic E-state index is 13.8. The van der Waals surface area contributed by atoms with Crippen molar-refractivity contribution in [3.05, 3.63) is 26.6 Å². The average Bonchev–Trinajstić information content (AvgIpc) is 2.96. The molecule has 1 aliphatic rings. The van der Waals surface area contributed by atoms with Gasteiger partial charge in [0.25, 0.3) is 11.5 Å². The maximum atomic E-state index is 13.8. The normalized spacial score (nSPS) is 18.0. The monoisotopic (exact) mass is 415 g/mol. The highest BCUT2D eigenvalue weighted by atomic mass is 35.5. The molecule has 0 amide bonds. The third kappa shape index (κ3) is 3.81. The Hall–Kier alpha value is -1.79. The van der Waals surface area contributed by atoms with Crippen LogP contribution < -0.4 is 15.8 Å². The van der Waals surface area contributed by atoms with Gasteiger partial charge in [0.05, 0.1) is 18.6 Å². The van der Waals surface area contributed by atoms with Crippen molar-refractivity contribution >= 4 is 28.8 Å². The van der Waals surface area contributed by atoms with Crippen molar-refractivity contribution in [2.24, 2.45) is 0 Å². The fourth-order valence-corrected chi connectivity index (χ4v) is 3.42. The van der Waals surface area contributed by atoms with E-state index in [4.69, 9.17) is 11.6 Å². The summed E-state index contributed by atoms with van der Waals surface area (Å²) in [6.07, 6.45) is -4.76. The van der Waals surface area contributed by atoms with Crippen LogP contribution in [0.4, 0.5) is 27.8 Å². The smallest absolute Gasteiger partial charge is 0.348 e. The highest BCUT2D eigenvalue weighted by Gasteiger charge is 2.38. The van der Waals surface area contributed by atoms with Crippen LogP contribution in [0.5, 0.6) is 0 Å². The lowest BCUT2D eigenvalue weighted by Gasteiger charge is -2.25. The van der Waals surface area contributed by atoms with E-state index in [0.29, 0.717) is 11.3 Å². The van der Waals surface area contributed by atoms with Crippen molar-refractivity contribution in [2.75, 3.05) is 31.1 Å². The van der Waals surface area contributed by atoms with Gasteiger partial charge in [-0.3, -0.25) is 4.79 Å². The number of aromatic nitrogens is 3. The molecule has 2 aromatic rings. The lowest BCUT2D eigenvalue weighted by molar-refractivity contribution is -0.140. The van der Waals surface area contributed by atoms with Gasteiger partial charge in [0.2, 0.25) is 0 Å². The molecule has 0 spiro atoms. The predicted molar refractivity (Wildman–Crippen MR) is 86.0 cm³/mol. The summed E-state index contributed by atoms with van der Waals surface area (Å²) in [5, 5.41) is 2.07. The molecule has 2 aromatic heterocycles. The van der Waals surface area contributed by atoms with Crippen LogP contribution in [0, 0.1) is 0 Å². The van der Waals surface area contributed by atoms with Crippen molar-refractivity contribution in [2.45, 2.75) is 12.1 Å². The first-order valence-corrected chi connectivity index (χ1v) is 8.48. The topological polar surface area (TPSA) is 73.9 Å². The molecular formula is C13H11ClF5N5OS. The summed E-state index contributed by atoms with van der Waals surface area (Å²) in [5.74, 6) is -3.84. The fraction of sp³-hybridized carbons (Fsp3) is 0.462. The molecule has 0 saturated carbocycles. The summed E-state index contributed by atoms with van der Waals surface area (Å²) in [4.78, 5) is 22.0. The second-order valence-corrected chi connectivity index (χ2v) is 6.77. The number of thiazole rings is 1. The molecule has 0 atom stereocenters. The van der Waals surface area contributed by atoms with Crippen LogP contribution in [0.15, 0.2) is 10.3 Å². The van der Waals surface area contributed by atoms with E-state index in [9.17, 15) is 26.7 Å². The number of anilines is 1. The SMILES string of the molecule is O=c1[nH]c(-c2scnc2C(F)(F)F)nc(N2CCNCC(F)(F)C2)c1Cl. The summed E-state index contributed by atoms with van der Waals surface area (Å²) < 4.78 is 66.7. The van der Waals surface area contributed by atoms with E-state index in [1.54, 1.807) is 0 Å². The zero-order chi connectivity index (χ0) is 19.1. The number of halogens is 6. The Bertz CT molecular complexity index is 867. The van der Waals surface area contributed by atoms with E-state index in [1.165, 1.54) is 0 Å². The van der Waals surface area contributed by atoms with Crippen LogP contribution in [0.1, 0.15) is 5.69 Å². The van der Waals surface area contributed by atoms with Crippen LogP contribution in [-0.4, -0.2) is 47.1 Å². The minimum atomic E-state index is -4.76. The maximum Gasteiger partial charge on any atom is 0.434 e. The zero-order valence-electron chi connectivity index (χ0n) is 12.8. The molecule has 142 valence electrons. The van der Waals surface area contributed by atoms with Crippen molar-refractivity contribution < 1.29 is 22.0 Å². The van der Waals surface area contributed by atoms with E-state index in [-0.39, 0.29) is 18.9 Å². The Morgan fingerprint density at radius 1 is 1.35 bits per heavy atom. The predicted octanol–water partition coefficient (Wildman–Crippen LogP) is 2.61. The number of hydrogen-bond donors (Lipinski definition) is 2. The quantitative estimate of drug-likeness (QED) is 0.738. The summed E-state index contributed by atoms with van der Waals surface area (Å²) in [6.45, 7) is -1.11. The molecule has 1 aliphatic heterocycles. The first kappa shape index (κ1) is 19.0. The van der Waals surface area contributed by atoms with Gasteiger partial charge in [-0.05, 0) is 0 Å². The highest BCUT2D eigenvalue weighted by molar-refractivity contribution is 7.13. The summed E-state index contributed by atoms with van der Waals surface area (Å²) >= 11 is 6.51. The molecular weight excluding hydrogens is 405 g/mol. The molecule has 1 fully saturated rings. The van der Waals surface area contributed by atoms with Crippen molar-refractivity contribution in [3.8, 4) is 10.7 Å². The van der Waals surface area contributed by atoms with Gasteiger partial charge in [0.1, 0.15) is 9.90 Å². The number of nitrogens with zero attached hydrogens (tertiary/aromatic N) is 3. The number of rotatable bonds is 2. The second-order valence-electron chi connectivity index (χ2n) is 5.53. The van der Waals surface area contributed by atoms with Crippen molar-refractivity contribution in [3.63, 3.8) is 0 Å². The van der Waals surface area contributed by atoms with Crippen LogP contribution in [-0.2, 0) is 6.18 Å².